The Balaban J connectivity index is 1.55. The lowest BCUT2D eigenvalue weighted by Gasteiger charge is -2.08. The van der Waals surface area contributed by atoms with Crippen LogP contribution in [0.4, 0.5) is 0 Å². The molecule has 0 bridgehead atoms. The fraction of sp³-hybridized carbons (Fsp3) is 0.312. The van der Waals surface area contributed by atoms with Crippen molar-refractivity contribution >= 4 is 29.0 Å². The molecule has 3 nitrogen and oxygen atoms in total. The number of carbonyl (C=O) groups is 1. The second-order valence-electron chi connectivity index (χ2n) is 4.59. The van der Waals surface area contributed by atoms with Gasteiger partial charge in [0.1, 0.15) is 12.4 Å². The Morgan fingerprint density at radius 3 is 3.00 bits per heavy atom. The van der Waals surface area contributed by atoms with E-state index in [1.54, 1.807) is 23.1 Å². The molecule has 0 saturated heterocycles. The number of amides is 1. The molecule has 0 aliphatic heterocycles. The van der Waals surface area contributed by atoms with E-state index in [4.69, 9.17) is 4.74 Å². The van der Waals surface area contributed by atoms with Gasteiger partial charge in [-0.2, -0.15) is 0 Å². The number of thioether (sulfide) groups is 1. The summed E-state index contributed by atoms with van der Waals surface area (Å²) < 4.78 is 5.58. The molecule has 0 radical (unpaired) electrons. The van der Waals surface area contributed by atoms with Crippen LogP contribution in [0.2, 0.25) is 0 Å². The first-order valence-corrected chi connectivity index (χ1v) is 8.84. The van der Waals surface area contributed by atoms with Crippen LogP contribution in [0.3, 0.4) is 0 Å². The molecular formula is C16H19NO2S2. The van der Waals surface area contributed by atoms with E-state index in [0.29, 0.717) is 18.9 Å². The van der Waals surface area contributed by atoms with Crippen molar-refractivity contribution in [1.82, 2.24) is 5.32 Å². The van der Waals surface area contributed by atoms with E-state index < -0.39 is 0 Å². The standard InChI is InChI=1S/C16H19NO2S2/c1-13-4-2-5-14(10-13)19-8-7-17-16(18)12-20-11-15-6-3-9-21-15/h2-6,9-10H,7-8,11-12H2,1H3,(H,17,18). The van der Waals surface area contributed by atoms with Crippen molar-refractivity contribution < 1.29 is 9.53 Å². The van der Waals surface area contributed by atoms with Gasteiger partial charge in [0, 0.05) is 10.6 Å². The van der Waals surface area contributed by atoms with E-state index in [0.717, 1.165) is 11.5 Å². The van der Waals surface area contributed by atoms with Crippen molar-refractivity contribution in [2.45, 2.75) is 12.7 Å². The predicted molar refractivity (Wildman–Crippen MR) is 90.2 cm³/mol. The van der Waals surface area contributed by atoms with Crippen molar-refractivity contribution in [1.29, 1.82) is 0 Å². The molecule has 0 saturated carbocycles. The van der Waals surface area contributed by atoms with Gasteiger partial charge < -0.3 is 10.1 Å². The summed E-state index contributed by atoms with van der Waals surface area (Å²) in [6.07, 6.45) is 0. The van der Waals surface area contributed by atoms with Gasteiger partial charge in [-0.25, -0.2) is 0 Å². The van der Waals surface area contributed by atoms with Crippen LogP contribution in [-0.2, 0) is 10.5 Å². The third-order valence-electron chi connectivity index (χ3n) is 2.74. The summed E-state index contributed by atoms with van der Waals surface area (Å²) in [6, 6.07) is 12.0. The molecular weight excluding hydrogens is 302 g/mol. The van der Waals surface area contributed by atoms with Crippen molar-refractivity contribution in [2.24, 2.45) is 0 Å². The first-order chi connectivity index (χ1) is 10.2. The number of hydrogen-bond acceptors (Lipinski definition) is 4. The highest BCUT2D eigenvalue weighted by molar-refractivity contribution is 7.99. The monoisotopic (exact) mass is 321 g/mol. The van der Waals surface area contributed by atoms with E-state index in [1.807, 2.05) is 37.3 Å². The van der Waals surface area contributed by atoms with Crippen LogP contribution in [0, 0.1) is 6.92 Å². The Kier molecular flexibility index (Phi) is 6.63. The fourth-order valence-electron chi connectivity index (χ4n) is 1.75. The maximum atomic E-state index is 11.7. The van der Waals surface area contributed by atoms with Crippen molar-refractivity contribution in [3.05, 3.63) is 52.2 Å². The maximum Gasteiger partial charge on any atom is 0.230 e. The number of hydrogen-bond donors (Lipinski definition) is 1. The van der Waals surface area contributed by atoms with Gasteiger partial charge in [0.15, 0.2) is 0 Å². The van der Waals surface area contributed by atoms with Gasteiger partial charge in [0.2, 0.25) is 5.91 Å². The molecule has 0 aliphatic rings. The lowest BCUT2D eigenvalue weighted by atomic mass is 10.2. The molecule has 1 aromatic heterocycles. The molecule has 112 valence electrons. The van der Waals surface area contributed by atoms with Crippen LogP contribution >= 0.6 is 23.1 Å². The topological polar surface area (TPSA) is 38.3 Å². The quantitative estimate of drug-likeness (QED) is 0.757. The highest BCUT2D eigenvalue weighted by Crippen LogP contribution is 2.16. The first-order valence-electron chi connectivity index (χ1n) is 6.80. The second kappa shape index (κ2) is 8.74. The Hall–Kier alpha value is -1.46. The highest BCUT2D eigenvalue weighted by Gasteiger charge is 2.02. The minimum Gasteiger partial charge on any atom is -0.492 e. The minimum absolute atomic E-state index is 0.0596. The van der Waals surface area contributed by atoms with Crippen LogP contribution in [0.25, 0.3) is 0 Å². The van der Waals surface area contributed by atoms with Gasteiger partial charge in [0.05, 0.1) is 12.3 Å². The van der Waals surface area contributed by atoms with E-state index in [-0.39, 0.29) is 5.91 Å². The Labute approximate surface area is 133 Å². The number of thiophene rings is 1. The summed E-state index contributed by atoms with van der Waals surface area (Å²) in [5.41, 5.74) is 1.17. The Morgan fingerprint density at radius 1 is 1.33 bits per heavy atom. The molecule has 0 aliphatic carbocycles. The average Bonchev–Trinajstić information content (AvgIpc) is 2.97. The number of carbonyl (C=O) groups excluding carboxylic acids is 1. The molecule has 1 aromatic carbocycles. The number of ether oxygens (including phenoxy) is 1. The van der Waals surface area contributed by atoms with Gasteiger partial charge in [-0.05, 0) is 36.1 Å². The van der Waals surface area contributed by atoms with Crippen LogP contribution in [-0.4, -0.2) is 24.8 Å². The van der Waals surface area contributed by atoms with Crippen LogP contribution < -0.4 is 10.1 Å². The van der Waals surface area contributed by atoms with E-state index in [1.165, 1.54) is 10.4 Å². The number of benzene rings is 1. The zero-order chi connectivity index (χ0) is 14.9. The largest absolute Gasteiger partial charge is 0.492 e. The molecule has 1 N–H and O–H groups in total. The minimum atomic E-state index is 0.0596. The molecule has 0 unspecified atom stereocenters. The van der Waals surface area contributed by atoms with Crippen LogP contribution in [0.5, 0.6) is 5.75 Å². The van der Waals surface area contributed by atoms with Gasteiger partial charge in [-0.3, -0.25) is 4.79 Å². The average molecular weight is 321 g/mol. The van der Waals surface area contributed by atoms with E-state index in [2.05, 4.69) is 16.8 Å². The molecule has 0 atom stereocenters. The summed E-state index contributed by atoms with van der Waals surface area (Å²) in [5, 5.41) is 4.92. The lowest BCUT2D eigenvalue weighted by molar-refractivity contribution is -0.118. The predicted octanol–water partition coefficient (Wildman–Crippen LogP) is 3.48. The van der Waals surface area contributed by atoms with E-state index in [9.17, 15) is 4.79 Å². The van der Waals surface area contributed by atoms with Crippen molar-refractivity contribution in [3.8, 4) is 5.75 Å². The smallest absolute Gasteiger partial charge is 0.230 e. The SMILES string of the molecule is Cc1cccc(OCCNC(=O)CSCc2cccs2)c1. The molecule has 1 amide bonds. The Bertz CT molecular complexity index is 555. The molecule has 1 heterocycles. The summed E-state index contributed by atoms with van der Waals surface area (Å²) in [6.45, 7) is 3.05. The van der Waals surface area contributed by atoms with E-state index >= 15 is 0 Å². The second-order valence-corrected chi connectivity index (χ2v) is 6.60. The van der Waals surface area contributed by atoms with Gasteiger partial charge in [-0.15, -0.1) is 23.1 Å². The molecule has 0 fully saturated rings. The van der Waals surface area contributed by atoms with Crippen molar-refractivity contribution in [3.63, 3.8) is 0 Å². The first kappa shape index (κ1) is 15.9. The summed E-state index contributed by atoms with van der Waals surface area (Å²) >= 11 is 3.36. The highest BCUT2D eigenvalue weighted by atomic mass is 32.2. The lowest BCUT2D eigenvalue weighted by Crippen LogP contribution is -2.29. The molecule has 5 heteroatoms. The number of rotatable bonds is 8. The number of nitrogens with one attached hydrogen (secondary N) is 1. The normalized spacial score (nSPS) is 10.3. The number of aryl methyl sites for hydroxylation is 1. The third-order valence-corrected chi connectivity index (χ3v) is 4.78. The molecule has 0 spiro atoms. The van der Waals surface area contributed by atoms with Gasteiger partial charge in [0.25, 0.3) is 0 Å². The molecule has 2 aromatic rings. The van der Waals surface area contributed by atoms with Crippen LogP contribution in [0.1, 0.15) is 10.4 Å². The Morgan fingerprint density at radius 2 is 2.24 bits per heavy atom. The van der Waals surface area contributed by atoms with Gasteiger partial charge >= 0.3 is 0 Å². The zero-order valence-corrected chi connectivity index (χ0v) is 13.6. The summed E-state index contributed by atoms with van der Waals surface area (Å²) in [5.74, 6) is 2.29. The summed E-state index contributed by atoms with van der Waals surface area (Å²) in [7, 11) is 0. The maximum absolute atomic E-state index is 11.7. The fourth-order valence-corrected chi connectivity index (χ4v) is 3.45. The zero-order valence-electron chi connectivity index (χ0n) is 12.0. The van der Waals surface area contributed by atoms with Crippen molar-refractivity contribution in [2.75, 3.05) is 18.9 Å². The van der Waals surface area contributed by atoms with Gasteiger partial charge in [-0.1, -0.05) is 18.2 Å². The summed E-state index contributed by atoms with van der Waals surface area (Å²) in [4.78, 5) is 13.0. The third kappa shape index (κ3) is 6.23. The molecule has 2 rings (SSSR count). The molecule has 21 heavy (non-hydrogen) atoms. The van der Waals surface area contributed by atoms with Crippen LogP contribution in [0.15, 0.2) is 41.8 Å².